The van der Waals surface area contributed by atoms with Crippen molar-refractivity contribution in [2.24, 2.45) is 5.92 Å². The summed E-state index contributed by atoms with van der Waals surface area (Å²) in [7, 11) is 0. The van der Waals surface area contributed by atoms with Crippen molar-refractivity contribution < 1.29 is 4.39 Å². The summed E-state index contributed by atoms with van der Waals surface area (Å²) in [4.78, 5) is 4.59. The van der Waals surface area contributed by atoms with Crippen molar-refractivity contribution in [1.82, 2.24) is 9.55 Å². The molecule has 0 fully saturated rings. The van der Waals surface area contributed by atoms with Crippen LogP contribution in [0.25, 0.3) is 11.3 Å². The maximum absolute atomic E-state index is 14.0. The average molecular weight is 275 g/mol. The van der Waals surface area contributed by atoms with Gasteiger partial charge in [-0.1, -0.05) is 39.8 Å². The summed E-state index contributed by atoms with van der Waals surface area (Å²) >= 11 is 0. The SMILES string of the molecule is CC(C)Cn1c(C(C)C)nc(-c2ccccc2F)c1N. The highest BCUT2D eigenvalue weighted by atomic mass is 19.1. The Bertz CT molecular complexity index is 600. The average Bonchev–Trinajstić information content (AvgIpc) is 2.68. The summed E-state index contributed by atoms with van der Waals surface area (Å²) in [5, 5.41) is 0. The Balaban J connectivity index is 2.58. The zero-order chi connectivity index (χ0) is 14.9. The third kappa shape index (κ3) is 2.69. The Morgan fingerprint density at radius 3 is 2.40 bits per heavy atom. The van der Waals surface area contributed by atoms with E-state index in [1.165, 1.54) is 6.07 Å². The highest BCUT2D eigenvalue weighted by molar-refractivity contribution is 5.71. The quantitative estimate of drug-likeness (QED) is 0.914. The number of nitrogens with zero attached hydrogens (tertiary/aromatic N) is 2. The molecule has 3 nitrogen and oxygen atoms in total. The summed E-state index contributed by atoms with van der Waals surface area (Å²) in [6.45, 7) is 9.20. The molecule has 0 spiro atoms. The first-order valence-electron chi connectivity index (χ1n) is 7.02. The molecule has 1 aromatic carbocycles. The summed E-state index contributed by atoms with van der Waals surface area (Å²) in [6.07, 6.45) is 0. The molecule has 0 aliphatic rings. The van der Waals surface area contributed by atoms with Crippen molar-refractivity contribution in [2.75, 3.05) is 5.73 Å². The van der Waals surface area contributed by atoms with Crippen LogP contribution in [0.3, 0.4) is 0 Å². The first-order chi connectivity index (χ1) is 9.41. The van der Waals surface area contributed by atoms with E-state index < -0.39 is 0 Å². The van der Waals surface area contributed by atoms with E-state index >= 15 is 0 Å². The van der Waals surface area contributed by atoms with Crippen LogP contribution in [0.15, 0.2) is 24.3 Å². The largest absolute Gasteiger partial charge is 0.383 e. The van der Waals surface area contributed by atoms with E-state index in [9.17, 15) is 4.39 Å². The van der Waals surface area contributed by atoms with E-state index in [1.54, 1.807) is 18.2 Å². The topological polar surface area (TPSA) is 43.8 Å². The lowest BCUT2D eigenvalue weighted by Gasteiger charge is -2.14. The van der Waals surface area contributed by atoms with Crippen LogP contribution >= 0.6 is 0 Å². The second-order valence-electron chi connectivity index (χ2n) is 5.84. The van der Waals surface area contributed by atoms with Gasteiger partial charge in [-0.3, -0.25) is 0 Å². The van der Waals surface area contributed by atoms with Gasteiger partial charge < -0.3 is 10.3 Å². The first kappa shape index (κ1) is 14.6. The summed E-state index contributed by atoms with van der Waals surface area (Å²) in [5.41, 5.74) is 7.24. The smallest absolute Gasteiger partial charge is 0.132 e. The van der Waals surface area contributed by atoms with Crippen LogP contribution < -0.4 is 5.73 Å². The van der Waals surface area contributed by atoms with Gasteiger partial charge in [0.2, 0.25) is 0 Å². The molecule has 2 aromatic rings. The molecular formula is C16H22FN3. The molecule has 108 valence electrons. The molecule has 0 bridgehead atoms. The minimum absolute atomic E-state index is 0.247. The van der Waals surface area contributed by atoms with Crippen LogP contribution in [0.5, 0.6) is 0 Å². The van der Waals surface area contributed by atoms with Crippen LogP contribution in [0.2, 0.25) is 0 Å². The van der Waals surface area contributed by atoms with E-state index in [0.29, 0.717) is 23.0 Å². The van der Waals surface area contributed by atoms with Gasteiger partial charge in [0.1, 0.15) is 23.2 Å². The van der Waals surface area contributed by atoms with Crippen molar-refractivity contribution in [3.05, 3.63) is 35.9 Å². The standard InChI is InChI=1S/C16H22FN3/c1-10(2)9-20-15(18)14(19-16(20)11(3)4)12-7-5-6-8-13(12)17/h5-8,10-11H,9,18H2,1-4H3. The predicted molar refractivity (Wildman–Crippen MR) is 81.0 cm³/mol. The maximum atomic E-state index is 14.0. The predicted octanol–water partition coefficient (Wildman–Crippen LogP) is 4.05. The van der Waals surface area contributed by atoms with Gasteiger partial charge in [0.05, 0.1) is 0 Å². The maximum Gasteiger partial charge on any atom is 0.132 e. The Kier molecular flexibility index (Phi) is 4.12. The number of nitrogen functional groups attached to an aromatic ring is 1. The molecule has 0 aliphatic carbocycles. The van der Waals surface area contributed by atoms with Gasteiger partial charge >= 0.3 is 0 Å². The summed E-state index contributed by atoms with van der Waals surface area (Å²) in [5.74, 6) is 1.87. The molecule has 0 saturated carbocycles. The lowest BCUT2D eigenvalue weighted by molar-refractivity contribution is 0.502. The zero-order valence-corrected chi connectivity index (χ0v) is 12.5. The van der Waals surface area contributed by atoms with Crippen LogP contribution in [0.1, 0.15) is 39.4 Å². The third-order valence-corrected chi connectivity index (χ3v) is 3.23. The number of benzene rings is 1. The Morgan fingerprint density at radius 1 is 1.20 bits per heavy atom. The molecule has 0 saturated heterocycles. The molecular weight excluding hydrogens is 253 g/mol. The van der Waals surface area contributed by atoms with E-state index in [1.807, 2.05) is 4.57 Å². The number of hydrogen-bond acceptors (Lipinski definition) is 2. The van der Waals surface area contributed by atoms with Crippen LogP contribution in [-0.2, 0) is 6.54 Å². The van der Waals surface area contributed by atoms with E-state index in [-0.39, 0.29) is 11.7 Å². The van der Waals surface area contributed by atoms with E-state index in [4.69, 9.17) is 5.73 Å². The summed E-state index contributed by atoms with van der Waals surface area (Å²) in [6, 6.07) is 6.63. The lowest BCUT2D eigenvalue weighted by Crippen LogP contribution is -2.12. The highest BCUT2D eigenvalue weighted by Gasteiger charge is 2.20. The molecule has 0 atom stereocenters. The molecule has 2 N–H and O–H groups in total. The van der Waals surface area contributed by atoms with Gasteiger partial charge in [-0.2, -0.15) is 0 Å². The van der Waals surface area contributed by atoms with Gasteiger partial charge in [0.25, 0.3) is 0 Å². The Morgan fingerprint density at radius 2 is 1.85 bits per heavy atom. The van der Waals surface area contributed by atoms with E-state index in [2.05, 4.69) is 32.7 Å². The van der Waals surface area contributed by atoms with Gasteiger partial charge in [-0.25, -0.2) is 9.37 Å². The molecule has 0 radical (unpaired) electrons. The van der Waals surface area contributed by atoms with Crippen molar-refractivity contribution >= 4 is 5.82 Å². The number of nitrogens with two attached hydrogens (primary N) is 1. The van der Waals surface area contributed by atoms with Crippen molar-refractivity contribution in [3.63, 3.8) is 0 Å². The second kappa shape index (κ2) is 5.65. The second-order valence-corrected chi connectivity index (χ2v) is 5.84. The minimum Gasteiger partial charge on any atom is -0.383 e. The zero-order valence-electron chi connectivity index (χ0n) is 12.5. The lowest BCUT2D eigenvalue weighted by atomic mass is 10.1. The van der Waals surface area contributed by atoms with Gasteiger partial charge in [-0.05, 0) is 18.1 Å². The van der Waals surface area contributed by atoms with Crippen LogP contribution in [-0.4, -0.2) is 9.55 Å². The van der Waals surface area contributed by atoms with Crippen LogP contribution in [0, 0.1) is 11.7 Å². The highest BCUT2D eigenvalue weighted by Crippen LogP contribution is 2.31. The van der Waals surface area contributed by atoms with E-state index in [0.717, 1.165) is 12.4 Å². The number of halogens is 1. The third-order valence-electron chi connectivity index (χ3n) is 3.23. The molecule has 20 heavy (non-hydrogen) atoms. The number of imidazole rings is 1. The molecule has 4 heteroatoms. The molecule has 0 aliphatic heterocycles. The fraction of sp³-hybridized carbons (Fsp3) is 0.438. The van der Waals surface area contributed by atoms with Crippen molar-refractivity contribution in [3.8, 4) is 11.3 Å². The van der Waals surface area contributed by atoms with Crippen molar-refractivity contribution in [2.45, 2.75) is 40.2 Å². The van der Waals surface area contributed by atoms with Gasteiger partial charge in [-0.15, -0.1) is 0 Å². The normalized spacial score (nSPS) is 11.6. The van der Waals surface area contributed by atoms with Crippen LogP contribution in [0.4, 0.5) is 10.2 Å². The monoisotopic (exact) mass is 275 g/mol. The molecule has 2 rings (SSSR count). The number of hydrogen-bond donors (Lipinski definition) is 1. The first-order valence-corrected chi connectivity index (χ1v) is 7.02. The molecule has 1 aromatic heterocycles. The van der Waals surface area contributed by atoms with Gasteiger partial charge in [0, 0.05) is 18.0 Å². The number of aromatic nitrogens is 2. The Hall–Kier alpha value is -1.84. The van der Waals surface area contributed by atoms with Gasteiger partial charge in [0.15, 0.2) is 0 Å². The number of anilines is 1. The van der Waals surface area contributed by atoms with Crippen molar-refractivity contribution in [1.29, 1.82) is 0 Å². The fourth-order valence-electron chi connectivity index (χ4n) is 2.33. The Labute approximate surface area is 119 Å². The minimum atomic E-state index is -0.288. The summed E-state index contributed by atoms with van der Waals surface area (Å²) < 4.78 is 16.0. The fourth-order valence-corrected chi connectivity index (χ4v) is 2.33. The molecule has 0 unspecified atom stereocenters. The molecule has 1 heterocycles. The number of rotatable bonds is 4. The molecule has 0 amide bonds.